The van der Waals surface area contributed by atoms with Crippen LogP contribution < -0.4 is 11.1 Å². The van der Waals surface area contributed by atoms with Crippen molar-refractivity contribution < 1.29 is 4.79 Å². The van der Waals surface area contributed by atoms with E-state index in [1.807, 2.05) is 10.8 Å². The van der Waals surface area contributed by atoms with E-state index in [1.165, 1.54) is 0 Å². The SMILES string of the molecule is CCCC(CN)NC(=O)CCn1ccnc1. The van der Waals surface area contributed by atoms with E-state index in [1.54, 1.807) is 12.5 Å². The average molecular weight is 224 g/mol. The largest absolute Gasteiger partial charge is 0.352 e. The van der Waals surface area contributed by atoms with Crippen LogP contribution in [-0.4, -0.2) is 28.0 Å². The van der Waals surface area contributed by atoms with Gasteiger partial charge in [0.1, 0.15) is 0 Å². The van der Waals surface area contributed by atoms with Crippen molar-refractivity contribution in [1.29, 1.82) is 0 Å². The lowest BCUT2D eigenvalue weighted by atomic mass is 10.1. The Morgan fingerprint density at radius 1 is 1.62 bits per heavy atom. The summed E-state index contributed by atoms with van der Waals surface area (Å²) in [6.45, 7) is 3.25. The molecular weight excluding hydrogens is 204 g/mol. The van der Waals surface area contributed by atoms with Crippen molar-refractivity contribution in [2.45, 2.75) is 38.8 Å². The summed E-state index contributed by atoms with van der Waals surface area (Å²) in [6, 6.07) is 0.111. The van der Waals surface area contributed by atoms with E-state index >= 15 is 0 Å². The minimum atomic E-state index is 0.0533. The molecule has 1 rings (SSSR count). The molecular formula is C11H20N4O. The van der Waals surface area contributed by atoms with Crippen LogP contribution in [0.1, 0.15) is 26.2 Å². The molecule has 0 saturated heterocycles. The van der Waals surface area contributed by atoms with Crippen molar-refractivity contribution in [2.75, 3.05) is 6.54 Å². The molecule has 1 aromatic rings. The molecule has 0 radical (unpaired) electrons. The van der Waals surface area contributed by atoms with E-state index in [0.29, 0.717) is 19.5 Å². The minimum absolute atomic E-state index is 0.0533. The molecule has 0 spiro atoms. The molecule has 1 heterocycles. The fraction of sp³-hybridized carbons (Fsp3) is 0.636. The smallest absolute Gasteiger partial charge is 0.222 e. The molecule has 1 atom stereocenters. The highest BCUT2D eigenvalue weighted by Crippen LogP contribution is 1.96. The Morgan fingerprint density at radius 3 is 3.00 bits per heavy atom. The maximum atomic E-state index is 11.6. The number of hydrogen-bond donors (Lipinski definition) is 2. The monoisotopic (exact) mass is 224 g/mol. The lowest BCUT2D eigenvalue weighted by molar-refractivity contribution is -0.122. The van der Waals surface area contributed by atoms with Gasteiger partial charge in [-0.3, -0.25) is 4.79 Å². The first-order valence-electron chi connectivity index (χ1n) is 5.71. The molecule has 0 bridgehead atoms. The van der Waals surface area contributed by atoms with Crippen molar-refractivity contribution in [3.8, 4) is 0 Å². The molecule has 0 fully saturated rings. The topological polar surface area (TPSA) is 72.9 Å². The predicted molar refractivity (Wildman–Crippen MR) is 62.7 cm³/mol. The van der Waals surface area contributed by atoms with Crippen molar-refractivity contribution in [3.05, 3.63) is 18.7 Å². The van der Waals surface area contributed by atoms with Crippen molar-refractivity contribution in [3.63, 3.8) is 0 Å². The maximum absolute atomic E-state index is 11.6. The number of carbonyl (C=O) groups excluding carboxylic acids is 1. The van der Waals surface area contributed by atoms with Crippen LogP contribution in [-0.2, 0) is 11.3 Å². The van der Waals surface area contributed by atoms with Crippen molar-refractivity contribution in [1.82, 2.24) is 14.9 Å². The van der Waals surface area contributed by atoms with Crippen LogP contribution in [0.25, 0.3) is 0 Å². The molecule has 0 saturated carbocycles. The Kier molecular flexibility index (Phi) is 5.56. The molecule has 1 aromatic heterocycles. The summed E-state index contributed by atoms with van der Waals surface area (Å²) in [5, 5.41) is 2.93. The molecule has 5 nitrogen and oxygen atoms in total. The predicted octanol–water partition coefficient (Wildman–Crippen LogP) is 0.517. The number of nitrogens with zero attached hydrogens (tertiary/aromatic N) is 2. The first-order valence-corrected chi connectivity index (χ1v) is 5.71. The summed E-state index contributed by atoms with van der Waals surface area (Å²) < 4.78 is 1.89. The molecule has 0 aliphatic heterocycles. The summed E-state index contributed by atoms with van der Waals surface area (Å²) in [5.41, 5.74) is 5.57. The first-order chi connectivity index (χ1) is 7.76. The Morgan fingerprint density at radius 2 is 2.44 bits per heavy atom. The van der Waals surface area contributed by atoms with Crippen LogP contribution in [0.4, 0.5) is 0 Å². The molecule has 1 amide bonds. The van der Waals surface area contributed by atoms with Gasteiger partial charge in [0, 0.05) is 37.9 Å². The van der Waals surface area contributed by atoms with Crippen LogP contribution in [0.2, 0.25) is 0 Å². The highest BCUT2D eigenvalue weighted by Gasteiger charge is 2.09. The fourth-order valence-electron chi connectivity index (χ4n) is 1.55. The summed E-state index contributed by atoms with van der Waals surface area (Å²) >= 11 is 0. The quantitative estimate of drug-likeness (QED) is 0.709. The Hall–Kier alpha value is -1.36. The van der Waals surface area contributed by atoms with E-state index in [9.17, 15) is 4.79 Å². The molecule has 0 aromatic carbocycles. The number of hydrogen-bond acceptors (Lipinski definition) is 3. The van der Waals surface area contributed by atoms with E-state index < -0.39 is 0 Å². The lowest BCUT2D eigenvalue weighted by Crippen LogP contribution is -2.40. The molecule has 0 aliphatic rings. The zero-order valence-corrected chi connectivity index (χ0v) is 9.72. The number of amides is 1. The molecule has 5 heteroatoms. The van der Waals surface area contributed by atoms with Gasteiger partial charge in [-0.15, -0.1) is 0 Å². The van der Waals surface area contributed by atoms with Gasteiger partial charge in [0.15, 0.2) is 0 Å². The third kappa shape index (κ3) is 4.44. The number of carbonyl (C=O) groups is 1. The van der Waals surface area contributed by atoms with E-state index in [2.05, 4.69) is 17.2 Å². The van der Waals surface area contributed by atoms with E-state index in [0.717, 1.165) is 12.8 Å². The van der Waals surface area contributed by atoms with Crippen molar-refractivity contribution in [2.24, 2.45) is 5.73 Å². The third-order valence-electron chi connectivity index (χ3n) is 2.44. The van der Waals surface area contributed by atoms with Gasteiger partial charge in [-0.1, -0.05) is 13.3 Å². The number of rotatable bonds is 7. The maximum Gasteiger partial charge on any atom is 0.222 e. The Balaban J connectivity index is 2.24. The second kappa shape index (κ2) is 7.00. The minimum Gasteiger partial charge on any atom is -0.352 e. The van der Waals surface area contributed by atoms with Gasteiger partial charge in [-0.05, 0) is 6.42 Å². The average Bonchev–Trinajstić information content (AvgIpc) is 2.78. The first kappa shape index (κ1) is 12.7. The summed E-state index contributed by atoms with van der Waals surface area (Å²) in [7, 11) is 0. The van der Waals surface area contributed by atoms with Crippen LogP contribution in [0.5, 0.6) is 0 Å². The molecule has 3 N–H and O–H groups in total. The molecule has 1 unspecified atom stereocenters. The number of nitrogens with one attached hydrogen (secondary N) is 1. The second-order valence-corrected chi connectivity index (χ2v) is 3.84. The van der Waals surface area contributed by atoms with E-state index in [-0.39, 0.29) is 11.9 Å². The van der Waals surface area contributed by atoms with Gasteiger partial charge >= 0.3 is 0 Å². The normalized spacial score (nSPS) is 12.4. The fourth-order valence-corrected chi connectivity index (χ4v) is 1.55. The Labute approximate surface area is 96.0 Å². The zero-order valence-electron chi connectivity index (χ0n) is 9.72. The van der Waals surface area contributed by atoms with E-state index in [4.69, 9.17) is 5.73 Å². The van der Waals surface area contributed by atoms with Crippen LogP contribution in [0.3, 0.4) is 0 Å². The number of imidazole rings is 1. The van der Waals surface area contributed by atoms with Gasteiger partial charge in [0.2, 0.25) is 5.91 Å². The lowest BCUT2D eigenvalue weighted by Gasteiger charge is -2.15. The molecule has 0 aliphatic carbocycles. The van der Waals surface area contributed by atoms with Gasteiger partial charge in [0.05, 0.1) is 6.33 Å². The number of nitrogens with two attached hydrogens (primary N) is 1. The summed E-state index contributed by atoms with van der Waals surface area (Å²) in [6.07, 6.45) is 7.70. The van der Waals surface area contributed by atoms with Gasteiger partial charge in [-0.2, -0.15) is 0 Å². The summed E-state index contributed by atoms with van der Waals surface area (Å²) in [5.74, 6) is 0.0533. The number of aromatic nitrogens is 2. The van der Waals surface area contributed by atoms with Crippen molar-refractivity contribution >= 4 is 5.91 Å². The van der Waals surface area contributed by atoms with Crippen LogP contribution in [0, 0.1) is 0 Å². The van der Waals surface area contributed by atoms with Crippen LogP contribution in [0.15, 0.2) is 18.7 Å². The number of aryl methyl sites for hydroxylation is 1. The van der Waals surface area contributed by atoms with Gasteiger partial charge in [-0.25, -0.2) is 4.98 Å². The highest BCUT2D eigenvalue weighted by atomic mass is 16.1. The Bertz CT molecular complexity index is 297. The third-order valence-corrected chi connectivity index (χ3v) is 2.44. The molecule has 16 heavy (non-hydrogen) atoms. The summed E-state index contributed by atoms with van der Waals surface area (Å²) in [4.78, 5) is 15.5. The zero-order chi connectivity index (χ0) is 11.8. The van der Waals surface area contributed by atoms with Gasteiger partial charge < -0.3 is 15.6 Å². The standard InChI is InChI=1S/C11H20N4O/c1-2-3-10(8-12)14-11(16)4-6-15-7-5-13-9-15/h5,7,9-10H,2-4,6,8,12H2,1H3,(H,14,16). The highest BCUT2D eigenvalue weighted by molar-refractivity contribution is 5.76. The second-order valence-electron chi connectivity index (χ2n) is 3.84. The molecule has 90 valence electrons. The van der Waals surface area contributed by atoms with Crippen LogP contribution >= 0.6 is 0 Å². The van der Waals surface area contributed by atoms with Gasteiger partial charge in [0.25, 0.3) is 0 Å².